The number of halogens is 1. The van der Waals surface area contributed by atoms with Gasteiger partial charge in [-0.25, -0.2) is 19.9 Å². The topological polar surface area (TPSA) is 64.2 Å². The zero-order valence-electron chi connectivity index (χ0n) is 30.8. The predicted molar refractivity (Wildman–Crippen MR) is 244 cm³/mol. The van der Waals surface area contributed by atoms with Gasteiger partial charge in [0.05, 0.1) is 5.71 Å². The van der Waals surface area contributed by atoms with Gasteiger partial charge in [-0.05, 0) is 60.5 Å². The quantitative estimate of drug-likeness (QED) is 0.156. The highest BCUT2D eigenvalue weighted by Crippen LogP contribution is 2.60. The summed E-state index contributed by atoms with van der Waals surface area (Å²) in [6.45, 7) is 2.34. The monoisotopic (exact) mass is 864 g/mol. The predicted octanol–water partition coefficient (Wildman–Crippen LogP) is 12.7. The molecule has 3 aliphatic rings. The maximum Gasteiger partial charge on any atom is 0.164 e. The average Bonchev–Trinajstić information content (AvgIpc) is 3.81. The Morgan fingerprint density at radius 2 is 1.23 bits per heavy atom. The molecule has 4 heterocycles. The van der Waals surface area contributed by atoms with Crippen LogP contribution in [0.15, 0.2) is 190 Å². The van der Waals surface area contributed by atoms with Gasteiger partial charge in [0, 0.05) is 57.7 Å². The van der Waals surface area contributed by atoms with E-state index in [4.69, 9.17) is 24.4 Å². The molecule has 2 aliphatic heterocycles. The minimum absolute atomic E-state index is 0.0313. The molecule has 1 aliphatic carbocycles. The molecule has 5 nitrogen and oxygen atoms in total. The van der Waals surface area contributed by atoms with Gasteiger partial charge < -0.3 is 4.42 Å². The molecule has 2 unspecified atom stereocenters. The van der Waals surface area contributed by atoms with Crippen molar-refractivity contribution in [2.75, 3.05) is 0 Å². The maximum absolute atomic E-state index is 6.19. The van der Waals surface area contributed by atoms with E-state index in [2.05, 4.69) is 134 Å². The van der Waals surface area contributed by atoms with Crippen molar-refractivity contribution in [3.63, 3.8) is 0 Å². The van der Waals surface area contributed by atoms with Crippen molar-refractivity contribution < 1.29 is 4.42 Å². The lowest BCUT2D eigenvalue weighted by Gasteiger charge is -2.32. The molecule has 0 N–H and O–H groups in total. The number of nitrogens with zero attached hydrogens (tertiary/aromatic N) is 4. The van der Waals surface area contributed by atoms with Crippen molar-refractivity contribution in [1.82, 2.24) is 15.0 Å². The van der Waals surface area contributed by atoms with Crippen LogP contribution in [0.2, 0.25) is 0 Å². The number of aromatic nitrogens is 3. The van der Waals surface area contributed by atoms with Gasteiger partial charge in [0.25, 0.3) is 0 Å². The summed E-state index contributed by atoms with van der Waals surface area (Å²) in [5.41, 5.74) is 10.5. The van der Waals surface area contributed by atoms with E-state index in [1.54, 1.807) is 0 Å². The van der Waals surface area contributed by atoms with E-state index in [9.17, 15) is 0 Å². The summed E-state index contributed by atoms with van der Waals surface area (Å²) in [6, 6.07) is 52.9. The summed E-state index contributed by atoms with van der Waals surface area (Å²) in [5.74, 6) is 2.07. The molecule has 11 rings (SSSR count). The average molecular weight is 865 g/mol. The van der Waals surface area contributed by atoms with E-state index in [1.165, 1.54) is 25.2 Å². The van der Waals surface area contributed by atoms with Gasteiger partial charge in [0.2, 0.25) is 0 Å². The smallest absolute Gasteiger partial charge is 0.164 e. The Labute approximate surface area is 344 Å². The number of hydrogen-bond donors (Lipinski definition) is 0. The lowest BCUT2D eigenvalue weighted by molar-refractivity contribution is 0.669. The molecule has 0 saturated carbocycles. The van der Waals surface area contributed by atoms with Crippen molar-refractivity contribution in [3.8, 4) is 22.8 Å². The second-order valence-electron chi connectivity index (χ2n) is 14.5. The molecule has 0 fully saturated rings. The fraction of sp³-hybridized carbons (Fsp3) is 0.0600. The third-order valence-electron chi connectivity index (χ3n) is 10.8. The van der Waals surface area contributed by atoms with Crippen LogP contribution < -0.4 is 0 Å². The summed E-state index contributed by atoms with van der Waals surface area (Å²) in [4.78, 5) is 22.1. The zero-order valence-corrected chi connectivity index (χ0v) is 33.8. The second kappa shape index (κ2) is 13.9. The summed E-state index contributed by atoms with van der Waals surface area (Å²) in [7, 11) is 0. The van der Waals surface area contributed by atoms with Crippen molar-refractivity contribution >= 4 is 72.9 Å². The normalized spacial score (nSPS) is 18.6. The number of hydrogen-bond acceptors (Lipinski definition) is 6. The standard InChI is InChI=1S/C50H33IN4OS/c1-50-27-13-21-37(49-54-47(32-16-7-3-8-17-32)53-48(55-49)33-18-9-4-10-19-33)45(50)39-29-35(24-26-44(39)57-50)46-51-40(31-14-5-2-6-15-31)30-41(52-46)34-23-25-43-38(28-34)36-20-11-12-22-42(36)56-43/h2-30,45H,1H3. The van der Waals surface area contributed by atoms with Gasteiger partial charge in [0.15, 0.2) is 17.5 Å². The van der Waals surface area contributed by atoms with Crippen LogP contribution in [0.1, 0.15) is 40.9 Å². The van der Waals surface area contributed by atoms with Crippen LogP contribution in [0.3, 0.4) is 0 Å². The number of thioether (sulfide) groups is 1. The van der Waals surface area contributed by atoms with Crippen LogP contribution in [0.25, 0.3) is 53.9 Å². The Kier molecular flexibility index (Phi) is 8.33. The number of benzene rings is 6. The summed E-state index contributed by atoms with van der Waals surface area (Å²) in [6.07, 6.45) is 9.02. The van der Waals surface area contributed by atoms with Crippen molar-refractivity contribution in [2.24, 2.45) is 4.99 Å². The number of aliphatic imine (C=N–C) groups is 1. The molecular weight excluding hydrogens is 832 g/mol. The van der Waals surface area contributed by atoms with Gasteiger partial charge in [-0.1, -0.05) is 154 Å². The largest absolute Gasteiger partial charge is 0.456 e. The molecule has 0 bridgehead atoms. The van der Waals surface area contributed by atoms with Crippen LogP contribution >= 0.6 is 32.5 Å². The number of furan rings is 1. The Hall–Kier alpha value is -6.03. The first-order chi connectivity index (χ1) is 28.1. The van der Waals surface area contributed by atoms with Crippen molar-refractivity contribution in [1.29, 1.82) is 0 Å². The van der Waals surface area contributed by atoms with Gasteiger partial charge in [0.1, 0.15) is 14.8 Å². The molecule has 2 atom stereocenters. The third-order valence-corrected chi connectivity index (χ3v) is 15.1. The lowest BCUT2D eigenvalue weighted by atomic mass is 9.77. The van der Waals surface area contributed by atoms with E-state index < -0.39 is 20.7 Å². The maximum atomic E-state index is 6.19. The van der Waals surface area contributed by atoms with Crippen molar-refractivity contribution in [3.05, 3.63) is 204 Å². The lowest BCUT2D eigenvalue weighted by Crippen LogP contribution is -2.26. The van der Waals surface area contributed by atoms with E-state index in [-0.39, 0.29) is 10.7 Å². The van der Waals surface area contributed by atoms with E-state index >= 15 is 0 Å². The van der Waals surface area contributed by atoms with Crippen LogP contribution in [0, 0.1) is 0 Å². The highest BCUT2D eigenvalue weighted by atomic mass is 127. The van der Waals surface area contributed by atoms with Crippen molar-refractivity contribution in [2.45, 2.75) is 22.5 Å². The minimum Gasteiger partial charge on any atom is -0.456 e. The summed E-state index contributed by atoms with van der Waals surface area (Å²) >= 11 is 1.32. The molecular formula is C50H33IN4OS. The SMILES string of the molecule is CC12C=CC=C(c3nc(-c4ccccc4)nc(-c4ccccc4)n3)C1c1cc(C3=IC(c4ccccc4)=CC(c4ccc5oc6ccccc6c5c4)=N3)ccc1S2. The van der Waals surface area contributed by atoms with Gasteiger partial charge in [-0.15, -0.1) is 11.8 Å². The third kappa shape index (κ3) is 6.13. The first kappa shape index (κ1) is 34.2. The molecule has 0 spiro atoms. The number of para-hydroxylation sites is 1. The summed E-state index contributed by atoms with van der Waals surface area (Å²) < 4.78 is 8.48. The molecule has 8 aromatic rings. The molecule has 2 aromatic heterocycles. The van der Waals surface area contributed by atoms with Crippen LogP contribution in [0.4, 0.5) is 0 Å². The molecule has 0 amide bonds. The Bertz CT molecular complexity index is 3000. The van der Waals surface area contributed by atoms with Crippen LogP contribution in [-0.4, -0.2) is 29.0 Å². The molecule has 272 valence electrons. The first-order valence-electron chi connectivity index (χ1n) is 19.0. The number of rotatable bonds is 6. The fourth-order valence-corrected chi connectivity index (χ4v) is 12.2. The van der Waals surface area contributed by atoms with E-state index in [0.29, 0.717) is 17.5 Å². The van der Waals surface area contributed by atoms with E-state index in [0.717, 1.165) is 53.5 Å². The van der Waals surface area contributed by atoms with Crippen LogP contribution in [0.5, 0.6) is 0 Å². The molecule has 7 heteroatoms. The van der Waals surface area contributed by atoms with Crippen LogP contribution in [-0.2, 0) is 0 Å². The molecule has 57 heavy (non-hydrogen) atoms. The minimum atomic E-state index is -0.603. The van der Waals surface area contributed by atoms with Gasteiger partial charge in [-0.3, -0.25) is 0 Å². The van der Waals surface area contributed by atoms with E-state index in [1.807, 2.05) is 60.3 Å². The number of allylic oxidation sites excluding steroid dienone is 4. The Morgan fingerprint density at radius 1 is 0.596 bits per heavy atom. The summed E-state index contributed by atoms with van der Waals surface area (Å²) in [5, 5.41) is 2.22. The van der Waals surface area contributed by atoms with Gasteiger partial charge >= 0.3 is 0 Å². The molecule has 0 radical (unpaired) electrons. The highest BCUT2D eigenvalue weighted by Gasteiger charge is 2.46. The highest BCUT2D eigenvalue weighted by molar-refractivity contribution is 14.2. The zero-order chi connectivity index (χ0) is 37.9. The second-order valence-corrected chi connectivity index (χ2v) is 18.8. The van der Waals surface area contributed by atoms with Gasteiger partial charge in [-0.2, -0.15) is 0 Å². The fourth-order valence-electron chi connectivity index (χ4n) is 8.08. The Morgan fingerprint density at radius 3 is 1.96 bits per heavy atom. The number of fused-ring (bicyclic) bond motifs is 6. The molecule has 6 aromatic carbocycles. The molecule has 0 saturated heterocycles. The Balaban J connectivity index is 1.04. The first-order valence-corrected chi connectivity index (χ1v) is 21.9.